The first-order valence-electron chi connectivity index (χ1n) is 8.74. The summed E-state index contributed by atoms with van der Waals surface area (Å²) in [7, 11) is 0. The van der Waals surface area contributed by atoms with E-state index in [1.807, 2.05) is 6.92 Å². The molecule has 0 unspecified atom stereocenters. The second-order valence-corrected chi connectivity index (χ2v) is 5.88. The van der Waals surface area contributed by atoms with Crippen LogP contribution in [0, 0.1) is 10.1 Å². The van der Waals surface area contributed by atoms with Gasteiger partial charge in [0.05, 0.1) is 29.4 Å². The molecule has 0 aliphatic carbocycles. The number of carbonyl (C=O) groups is 1. The van der Waals surface area contributed by atoms with Crippen LogP contribution in [0.3, 0.4) is 0 Å². The highest BCUT2D eigenvalue weighted by atomic mass is 19.4. The number of hydrogen-bond donors (Lipinski definition) is 1. The zero-order valence-corrected chi connectivity index (χ0v) is 15.7. The highest BCUT2D eigenvalue weighted by Crippen LogP contribution is 2.35. The van der Waals surface area contributed by atoms with Crippen LogP contribution in [0.15, 0.2) is 36.4 Å². The average molecular weight is 412 g/mol. The normalized spacial score (nSPS) is 11.1. The summed E-state index contributed by atoms with van der Waals surface area (Å²) in [5.74, 6) is -0.773. The molecule has 29 heavy (non-hydrogen) atoms. The van der Waals surface area contributed by atoms with Gasteiger partial charge in [-0.25, -0.2) is 0 Å². The van der Waals surface area contributed by atoms with E-state index in [0.717, 1.165) is 24.3 Å². The predicted octanol–water partition coefficient (Wildman–Crippen LogP) is 5.05. The van der Waals surface area contributed by atoms with Gasteiger partial charge in [-0.2, -0.15) is 13.2 Å². The van der Waals surface area contributed by atoms with Gasteiger partial charge in [0.25, 0.3) is 5.91 Å². The fraction of sp³-hybridized carbons (Fsp3) is 0.316. The SMILES string of the molecule is CCCOc1ccc(C(F)(F)F)cc1NC(=O)c1ccc(OCC)c([N+](=O)[O-])c1. The van der Waals surface area contributed by atoms with E-state index in [1.165, 1.54) is 12.1 Å². The maximum absolute atomic E-state index is 13.0. The Labute approximate surface area is 164 Å². The summed E-state index contributed by atoms with van der Waals surface area (Å²) >= 11 is 0. The first-order chi connectivity index (χ1) is 13.7. The molecule has 0 radical (unpaired) electrons. The van der Waals surface area contributed by atoms with Crippen LogP contribution in [-0.2, 0) is 6.18 Å². The Morgan fingerprint density at radius 3 is 2.38 bits per heavy atom. The van der Waals surface area contributed by atoms with Crippen LogP contribution in [0.2, 0.25) is 0 Å². The lowest BCUT2D eigenvalue weighted by molar-refractivity contribution is -0.385. The number of nitrogens with one attached hydrogen (secondary N) is 1. The van der Waals surface area contributed by atoms with Crippen molar-refractivity contribution in [3.05, 3.63) is 57.6 Å². The number of alkyl halides is 3. The number of halogens is 3. The third-order valence-electron chi connectivity index (χ3n) is 3.73. The molecule has 0 spiro atoms. The molecule has 156 valence electrons. The van der Waals surface area contributed by atoms with Crippen LogP contribution >= 0.6 is 0 Å². The summed E-state index contributed by atoms with van der Waals surface area (Å²) in [6.45, 7) is 3.90. The molecule has 0 heterocycles. The van der Waals surface area contributed by atoms with Gasteiger partial charge in [-0.15, -0.1) is 0 Å². The Bertz CT molecular complexity index is 900. The first-order valence-corrected chi connectivity index (χ1v) is 8.74. The lowest BCUT2D eigenvalue weighted by atomic mass is 10.1. The molecule has 2 aromatic carbocycles. The number of carbonyl (C=O) groups excluding carboxylic acids is 1. The molecule has 10 heteroatoms. The Kier molecular flexibility index (Phi) is 7.03. The van der Waals surface area contributed by atoms with Gasteiger partial charge in [-0.1, -0.05) is 6.92 Å². The molecule has 1 N–H and O–H groups in total. The molecule has 2 rings (SSSR count). The third-order valence-corrected chi connectivity index (χ3v) is 3.73. The van der Waals surface area contributed by atoms with E-state index in [1.54, 1.807) is 6.92 Å². The number of nitro benzene ring substituents is 1. The van der Waals surface area contributed by atoms with Crippen molar-refractivity contribution in [1.82, 2.24) is 0 Å². The molecule has 0 aliphatic heterocycles. The Hall–Kier alpha value is -3.30. The summed E-state index contributed by atoms with van der Waals surface area (Å²) in [5.41, 5.74) is -1.69. The van der Waals surface area contributed by atoms with Gasteiger partial charge in [-0.05, 0) is 43.7 Å². The minimum atomic E-state index is -4.61. The summed E-state index contributed by atoms with van der Waals surface area (Å²) in [6.07, 6.45) is -4.00. The van der Waals surface area contributed by atoms with Gasteiger partial charge >= 0.3 is 11.9 Å². The molecule has 1 amide bonds. The van der Waals surface area contributed by atoms with Crippen molar-refractivity contribution < 1.29 is 32.4 Å². The van der Waals surface area contributed by atoms with Crippen LogP contribution in [0.5, 0.6) is 11.5 Å². The van der Waals surface area contributed by atoms with Crippen molar-refractivity contribution in [2.75, 3.05) is 18.5 Å². The number of benzene rings is 2. The quantitative estimate of drug-likeness (QED) is 0.484. The van der Waals surface area contributed by atoms with E-state index in [9.17, 15) is 28.1 Å². The van der Waals surface area contributed by atoms with Crippen LogP contribution in [-0.4, -0.2) is 24.0 Å². The minimum absolute atomic E-state index is 0.0138. The zero-order valence-electron chi connectivity index (χ0n) is 15.7. The molecule has 0 saturated carbocycles. The number of rotatable bonds is 8. The lowest BCUT2D eigenvalue weighted by Crippen LogP contribution is -2.15. The highest BCUT2D eigenvalue weighted by molar-refractivity contribution is 6.05. The monoisotopic (exact) mass is 412 g/mol. The molecule has 0 atom stereocenters. The summed E-state index contributed by atoms with van der Waals surface area (Å²) in [4.78, 5) is 23.0. The van der Waals surface area contributed by atoms with E-state index in [-0.39, 0.29) is 36.0 Å². The Morgan fingerprint density at radius 2 is 1.79 bits per heavy atom. The maximum atomic E-state index is 13.0. The van der Waals surface area contributed by atoms with E-state index < -0.39 is 28.3 Å². The molecule has 0 aliphatic rings. The van der Waals surface area contributed by atoms with Crippen LogP contribution in [0.25, 0.3) is 0 Å². The van der Waals surface area contributed by atoms with Crippen LogP contribution in [0.4, 0.5) is 24.5 Å². The second kappa shape index (κ2) is 9.26. The van der Waals surface area contributed by atoms with Crippen molar-refractivity contribution in [3.63, 3.8) is 0 Å². The maximum Gasteiger partial charge on any atom is 0.416 e. The van der Waals surface area contributed by atoms with Crippen molar-refractivity contribution in [2.24, 2.45) is 0 Å². The van der Waals surface area contributed by atoms with Gasteiger partial charge in [-0.3, -0.25) is 14.9 Å². The number of ether oxygens (including phenoxy) is 2. The topological polar surface area (TPSA) is 90.7 Å². The van der Waals surface area contributed by atoms with Gasteiger partial charge in [0.2, 0.25) is 0 Å². The smallest absolute Gasteiger partial charge is 0.416 e. The third kappa shape index (κ3) is 5.59. The molecule has 0 fully saturated rings. The fourth-order valence-electron chi connectivity index (χ4n) is 2.42. The van der Waals surface area contributed by atoms with Crippen LogP contribution < -0.4 is 14.8 Å². The molecular formula is C19H19F3N2O5. The van der Waals surface area contributed by atoms with Crippen molar-refractivity contribution in [1.29, 1.82) is 0 Å². The van der Waals surface area contributed by atoms with E-state index >= 15 is 0 Å². The molecule has 0 bridgehead atoms. The molecular weight excluding hydrogens is 393 g/mol. The van der Waals surface area contributed by atoms with Crippen LogP contribution in [0.1, 0.15) is 36.2 Å². The van der Waals surface area contributed by atoms with Gasteiger partial charge in [0.15, 0.2) is 5.75 Å². The Morgan fingerprint density at radius 1 is 1.10 bits per heavy atom. The standard InChI is InChI=1S/C19H19F3N2O5/c1-3-9-29-16-8-6-13(19(20,21)22)11-14(16)23-18(25)12-5-7-17(28-4-2)15(10-12)24(26)27/h5-8,10-11H,3-4,9H2,1-2H3,(H,23,25). The molecule has 0 saturated heterocycles. The molecule has 2 aromatic rings. The summed E-state index contributed by atoms with van der Waals surface area (Å²) < 4.78 is 49.6. The van der Waals surface area contributed by atoms with Crippen molar-refractivity contribution in [2.45, 2.75) is 26.4 Å². The largest absolute Gasteiger partial charge is 0.491 e. The first kappa shape index (κ1) is 22.0. The fourth-order valence-corrected chi connectivity index (χ4v) is 2.42. The van der Waals surface area contributed by atoms with Gasteiger partial charge in [0.1, 0.15) is 5.75 Å². The Balaban J connectivity index is 2.38. The number of nitrogens with zero attached hydrogens (tertiary/aromatic N) is 1. The molecule has 0 aromatic heterocycles. The predicted molar refractivity (Wildman–Crippen MR) is 99.4 cm³/mol. The minimum Gasteiger partial charge on any atom is -0.491 e. The van der Waals surface area contributed by atoms with E-state index in [0.29, 0.717) is 6.42 Å². The number of anilines is 1. The molecule has 7 nitrogen and oxygen atoms in total. The average Bonchev–Trinajstić information content (AvgIpc) is 2.66. The van der Waals surface area contributed by atoms with Gasteiger partial charge < -0.3 is 14.8 Å². The summed E-state index contributed by atoms with van der Waals surface area (Å²) in [5, 5.41) is 13.5. The van der Waals surface area contributed by atoms with E-state index in [4.69, 9.17) is 9.47 Å². The zero-order chi connectivity index (χ0) is 21.6. The summed E-state index contributed by atoms with van der Waals surface area (Å²) in [6, 6.07) is 6.27. The number of hydrogen-bond acceptors (Lipinski definition) is 5. The van der Waals surface area contributed by atoms with Gasteiger partial charge in [0, 0.05) is 11.6 Å². The van der Waals surface area contributed by atoms with Crippen molar-refractivity contribution in [3.8, 4) is 11.5 Å². The number of nitro groups is 1. The highest BCUT2D eigenvalue weighted by Gasteiger charge is 2.31. The van der Waals surface area contributed by atoms with Crippen molar-refractivity contribution >= 4 is 17.3 Å². The number of amides is 1. The van der Waals surface area contributed by atoms with E-state index in [2.05, 4.69) is 5.32 Å². The second-order valence-electron chi connectivity index (χ2n) is 5.88. The lowest BCUT2D eigenvalue weighted by Gasteiger charge is -2.15.